The first kappa shape index (κ1) is 14.6. The molecule has 1 saturated heterocycles. The minimum atomic E-state index is -0.669. The van der Waals surface area contributed by atoms with E-state index in [1.165, 1.54) is 32.1 Å². The molecule has 21 heavy (non-hydrogen) atoms. The monoisotopic (exact) mass is 291 g/mol. The van der Waals surface area contributed by atoms with Crippen molar-refractivity contribution >= 4 is 5.97 Å². The lowest BCUT2D eigenvalue weighted by atomic mass is 9.96. The van der Waals surface area contributed by atoms with Gasteiger partial charge in [-0.25, -0.2) is 0 Å². The zero-order valence-electron chi connectivity index (χ0n) is 12.7. The number of rotatable bonds is 4. The summed E-state index contributed by atoms with van der Waals surface area (Å²) in [6.07, 6.45) is 8.55. The topological polar surface area (TPSA) is 58.4 Å². The van der Waals surface area contributed by atoms with Crippen LogP contribution in [0.3, 0.4) is 0 Å². The number of aromatic nitrogens is 2. The van der Waals surface area contributed by atoms with Crippen LogP contribution in [0.5, 0.6) is 0 Å². The average Bonchev–Trinajstić information content (AvgIpc) is 3.07. The molecule has 0 bridgehead atoms. The fraction of sp³-hybridized carbons (Fsp3) is 0.750. The van der Waals surface area contributed by atoms with Crippen molar-refractivity contribution < 1.29 is 9.90 Å². The Kier molecular flexibility index (Phi) is 4.29. The van der Waals surface area contributed by atoms with Crippen LogP contribution in [0.25, 0.3) is 0 Å². The number of hydrogen-bond donors (Lipinski definition) is 1. The van der Waals surface area contributed by atoms with Gasteiger partial charge in [0.25, 0.3) is 0 Å². The molecule has 2 aliphatic rings. The highest BCUT2D eigenvalue weighted by molar-refractivity contribution is 5.71. The summed E-state index contributed by atoms with van der Waals surface area (Å²) in [5, 5.41) is 13.9. The molecule has 1 saturated carbocycles. The third kappa shape index (κ3) is 3.28. The number of carbonyl (C=O) groups is 1. The van der Waals surface area contributed by atoms with E-state index in [1.807, 2.05) is 6.92 Å². The molecule has 2 heterocycles. The number of hydrogen-bond acceptors (Lipinski definition) is 3. The molecule has 0 spiro atoms. The Morgan fingerprint density at radius 3 is 2.76 bits per heavy atom. The van der Waals surface area contributed by atoms with Gasteiger partial charge in [-0.1, -0.05) is 26.2 Å². The van der Waals surface area contributed by atoms with Crippen molar-refractivity contribution in [2.45, 2.75) is 51.6 Å². The predicted molar refractivity (Wildman–Crippen MR) is 79.9 cm³/mol. The molecule has 1 aliphatic heterocycles. The summed E-state index contributed by atoms with van der Waals surface area (Å²) in [5.41, 5.74) is 1.07. The van der Waals surface area contributed by atoms with Crippen LogP contribution in [-0.2, 0) is 11.3 Å². The third-order valence-electron chi connectivity index (χ3n) is 5.00. The molecule has 116 valence electrons. The number of nitrogens with zero attached hydrogens (tertiary/aromatic N) is 3. The average molecular weight is 291 g/mol. The van der Waals surface area contributed by atoms with Crippen LogP contribution in [0.1, 0.15) is 50.8 Å². The van der Waals surface area contributed by atoms with Crippen molar-refractivity contribution in [1.29, 1.82) is 0 Å². The molecule has 1 aliphatic carbocycles. The highest BCUT2D eigenvalue weighted by Crippen LogP contribution is 2.28. The highest BCUT2D eigenvalue weighted by Gasteiger charge is 2.34. The number of aliphatic carboxylic acids is 1. The van der Waals surface area contributed by atoms with Crippen molar-refractivity contribution in [3.8, 4) is 0 Å². The van der Waals surface area contributed by atoms with Gasteiger partial charge in [0.15, 0.2) is 0 Å². The largest absolute Gasteiger partial charge is 0.481 e. The van der Waals surface area contributed by atoms with Gasteiger partial charge in [-0.15, -0.1) is 0 Å². The molecule has 0 unspecified atom stereocenters. The van der Waals surface area contributed by atoms with Crippen LogP contribution in [0.4, 0.5) is 0 Å². The maximum absolute atomic E-state index is 11.2. The van der Waals surface area contributed by atoms with Crippen molar-refractivity contribution in [3.05, 3.63) is 18.0 Å². The molecule has 0 aromatic carbocycles. The van der Waals surface area contributed by atoms with E-state index in [-0.39, 0.29) is 11.8 Å². The first-order chi connectivity index (χ1) is 10.1. The molecule has 2 atom stereocenters. The van der Waals surface area contributed by atoms with E-state index in [4.69, 9.17) is 5.10 Å². The van der Waals surface area contributed by atoms with Crippen LogP contribution in [-0.4, -0.2) is 38.8 Å². The SMILES string of the molecule is C[C@@H]1CN(Cc2ccn(C3CCCCC3)n2)C[C@H]1C(=O)O. The summed E-state index contributed by atoms with van der Waals surface area (Å²) < 4.78 is 2.13. The molecule has 0 radical (unpaired) electrons. The minimum Gasteiger partial charge on any atom is -0.481 e. The minimum absolute atomic E-state index is 0.225. The van der Waals surface area contributed by atoms with Crippen LogP contribution >= 0.6 is 0 Å². The molecule has 1 aromatic heterocycles. The van der Waals surface area contributed by atoms with E-state index in [9.17, 15) is 9.90 Å². The van der Waals surface area contributed by atoms with Gasteiger partial charge in [0, 0.05) is 25.8 Å². The lowest BCUT2D eigenvalue weighted by Crippen LogP contribution is -2.23. The molecule has 5 nitrogen and oxygen atoms in total. The second kappa shape index (κ2) is 6.18. The predicted octanol–water partition coefficient (Wildman–Crippen LogP) is 2.54. The molecule has 2 fully saturated rings. The van der Waals surface area contributed by atoms with Gasteiger partial charge in [-0.3, -0.25) is 14.4 Å². The third-order valence-corrected chi connectivity index (χ3v) is 5.00. The lowest BCUT2D eigenvalue weighted by molar-refractivity contribution is -0.142. The van der Waals surface area contributed by atoms with Crippen molar-refractivity contribution in [1.82, 2.24) is 14.7 Å². The maximum Gasteiger partial charge on any atom is 0.308 e. The molecule has 1 aromatic rings. The molecule has 0 amide bonds. The van der Waals surface area contributed by atoms with Crippen LogP contribution in [0, 0.1) is 11.8 Å². The van der Waals surface area contributed by atoms with Crippen molar-refractivity contribution in [3.63, 3.8) is 0 Å². The van der Waals surface area contributed by atoms with Gasteiger partial charge >= 0.3 is 5.97 Å². The van der Waals surface area contributed by atoms with E-state index in [0.29, 0.717) is 12.6 Å². The standard InChI is InChI=1S/C16H25N3O2/c1-12-9-18(11-15(12)16(20)21)10-13-7-8-19(17-13)14-5-3-2-4-6-14/h7-8,12,14-15H,2-6,9-11H2,1H3,(H,20,21)/t12-,15-/m1/s1. The Hall–Kier alpha value is -1.36. The van der Waals surface area contributed by atoms with E-state index in [0.717, 1.165) is 18.8 Å². The zero-order valence-corrected chi connectivity index (χ0v) is 12.7. The number of likely N-dealkylation sites (tertiary alicyclic amines) is 1. The van der Waals surface area contributed by atoms with Crippen molar-refractivity contribution in [2.24, 2.45) is 11.8 Å². The van der Waals surface area contributed by atoms with Crippen molar-refractivity contribution in [2.75, 3.05) is 13.1 Å². The molecule has 3 rings (SSSR count). The normalized spacial score (nSPS) is 28.0. The van der Waals surface area contributed by atoms with Gasteiger partial charge in [-0.2, -0.15) is 5.10 Å². The number of carboxylic acid groups (broad SMARTS) is 1. The second-order valence-corrected chi connectivity index (χ2v) is 6.70. The summed E-state index contributed by atoms with van der Waals surface area (Å²) in [6, 6.07) is 2.66. The summed E-state index contributed by atoms with van der Waals surface area (Å²) >= 11 is 0. The lowest BCUT2D eigenvalue weighted by Gasteiger charge is -2.22. The van der Waals surface area contributed by atoms with E-state index in [2.05, 4.69) is 21.8 Å². The highest BCUT2D eigenvalue weighted by atomic mass is 16.4. The fourth-order valence-electron chi connectivity index (χ4n) is 3.76. The molecular formula is C16H25N3O2. The zero-order chi connectivity index (χ0) is 14.8. The smallest absolute Gasteiger partial charge is 0.308 e. The van der Waals surface area contributed by atoms with Crippen LogP contribution in [0.15, 0.2) is 12.3 Å². The molecule has 1 N–H and O–H groups in total. The molecule has 5 heteroatoms. The molecular weight excluding hydrogens is 266 g/mol. The van der Waals surface area contributed by atoms with Gasteiger partial charge in [0.1, 0.15) is 0 Å². The Bertz CT molecular complexity index is 493. The van der Waals surface area contributed by atoms with E-state index in [1.54, 1.807) is 0 Å². The van der Waals surface area contributed by atoms with Crippen LogP contribution in [0.2, 0.25) is 0 Å². The Balaban J connectivity index is 1.59. The van der Waals surface area contributed by atoms with Gasteiger partial charge in [0.05, 0.1) is 17.7 Å². The van der Waals surface area contributed by atoms with Crippen LogP contribution < -0.4 is 0 Å². The summed E-state index contributed by atoms with van der Waals surface area (Å²) in [7, 11) is 0. The summed E-state index contributed by atoms with van der Waals surface area (Å²) in [5.74, 6) is -0.675. The fourth-order valence-corrected chi connectivity index (χ4v) is 3.76. The Morgan fingerprint density at radius 2 is 2.10 bits per heavy atom. The van der Waals surface area contributed by atoms with Gasteiger partial charge < -0.3 is 5.11 Å². The van der Waals surface area contributed by atoms with E-state index < -0.39 is 5.97 Å². The number of carboxylic acids is 1. The Labute approximate surface area is 125 Å². The summed E-state index contributed by atoms with van der Waals surface area (Å²) in [4.78, 5) is 13.4. The Morgan fingerprint density at radius 1 is 1.33 bits per heavy atom. The first-order valence-corrected chi connectivity index (χ1v) is 8.12. The maximum atomic E-state index is 11.2. The van der Waals surface area contributed by atoms with E-state index >= 15 is 0 Å². The van der Waals surface area contributed by atoms with Gasteiger partial charge in [0.2, 0.25) is 0 Å². The summed E-state index contributed by atoms with van der Waals surface area (Å²) in [6.45, 7) is 4.30. The van der Waals surface area contributed by atoms with Gasteiger partial charge in [-0.05, 0) is 24.8 Å². The quantitative estimate of drug-likeness (QED) is 0.926. The first-order valence-electron chi connectivity index (χ1n) is 8.12. The second-order valence-electron chi connectivity index (χ2n) is 6.70.